The van der Waals surface area contributed by atoms with E-state index >= 15 is 0 Å². The van der Waals surface area contributed by atoms with Gasteiger partial charge in [0.2, 0.25) is 0 Å². The van der Waals surface area contributed by atoms with Gasteiger partial charge in [0.25, 0.3) is 0 Å². The average molecular weight is 295 g/mol. The van der Waals surface area contributed by atoms with Crippen LogP contribution in [0.3, 0.4) is 0 Å². The Labute approximate surface area is 121 Å². The number of aromatic nitrogens is 1. The Morgan fingerprint density at radius 3 is 2.57 bits per heavy atom. The molecule has 0 atom stereocenters. The second-order valence-electron chi connectivity index (χ2n) is 4.62. The fourth-order valence-electron chi connectivity index (χ4n) is 1.92. The molecule has 0 aliphatic rings. The first-order chi connectivity index (χ1) is 9.99. The fraction of sp³-hybridized carbons (Fsp3) is 0.267. The summed E-state index contributed by atoms with van der Waals surface area (Å²) in [5.41, 5.74) is 6.34. The van der Waals surface area contributed by atoms with Gasteiger partial charge in [-0.2, -0.15) is 13.2 Å². The lowest BCUT2D eigenvalue weighted by atomic mass is 10.1. The molecule has 0 radical (unpaired) electrons. The third-order valence-electron chi connectivity index (χ3n) is 2.91. The Hall–Kier alpha value is -2.08. The number of alkyl halides is 3. The molecule has 2 aromatic rings. The molecule has 0 saturated carbocycles. The van der Waals surface area contributed by atoms with Gasteiger partial charge in [-0.3, -0.25) is 0 Å². The number of pyridine rings is 1. The van der Waals surface area contributed by atoms with E-state index in [-0.39, 0.29) is 5.82 Å². The minimum absolute atomic E-state index is 0.167. The third-order valence-corrected chi connectivity index (χ3v) is 2.91. The van der Waals surface area contributed by atoms with Crippen LogP contribution in [0.25, 0.3) is 0 Å². The van der Waals surface area contributed by atoms with Gasteiger partial charge in [-0.05, 0) is 49.2 Å². The molecule has 0 amide bonds. The van der Waals surface area contributed by atoms with Gasteiger partial charge in [-0.1, -0.05) is 18.2 Å². The highest BCUT2D eigenvalue weighted by Gasteiger charge is 2.32. The van der Waals surface area contributed by atoms with Crippen molar-refractivity contribution < 1.29 is 13.2 Å². The number of hydrogen-bond acceptors (Lipinski definition) is 3. The van der Waals surface area contributed by atoms with Crippen molar-refractivity contribution in [3.8, 4) is 0 Å². The summed E-state index contributed by atoms with van der Waals surface area (Å²) in [6.45, 7) is 0.604. The molecule has 0 aliphatic carbocycles. The van der Waals surface area contributed by atoms with Crippen molar-refractivity contribution in [3.63, 3.8) is 0 Å². The predicted octanol–water partition coefficient (Wildman–Crippen LogP) is 3.74. The van der Waals surface area contributed by atoms with Gasteiger partial charge in [-0.15, -0.1) is 0 Å². The van der Waals surface area contributed by atoms with Crippen molar-refractivity contribution in [2.75, 3.05) is 11.9 Å². The number of nitrogens with two attached hydrogens (primary N) is 1. The highest BCUT2D eigenvalue weighted by Crippen LogP contribution is 2.28. The van der Waals surface area contributed by atoms with Crippen molar-refractivity contribution in [2.45, 2.75) is 19.0 Å². The van der Waals surface area contributed by atoms with Crippen molar-refractivity contribution in [1.82, 2.24) is 4.98 Å². The molecule has 1 heterocycles. The SMILES string of the molecule is NCCCc1cccc(Nc2cccc(C(F)(F)F)n2)c1. The highest BCUT2D eigenvalue weighted by molar-refractivity contribution is 5.57. The van der Waals surface area contributed by atoms with Crippen molar-refractivity contribution >= 4 is 11.5 Å². The number of nitrogens with one attached hydrogen (secondary N) is 1. The Bertz CT molecular complexity index is 597. The maximum Gasteiger partial charge on any atom is 0.433 e. The molecule has 112 valence electrons. The van der Waals surface area contributed by atoms with Crippen LogP contribution in [0.1, 0.15) is 17.7 Å². The van der Waals surface area contributed by atoms with E-state index in [4.69, 9.17) is 5.73 Å². The summed E-state index contributed by atoms with van der Waals surface area (Å²) in [4.78, 5) is 3.58. The van der Waals surface area contributed by atoms with Gasteiger partial charge in [0.15, 0.2) is 0 Å². The zero-order chi connectivity index (χ0) is 15.3. The van der Waals surface area contributed by atoms with Crippen LogP contribution in [0.4, 0.5) is 24.7 Å². The number of hydrogen-bond donors (Lipinski definition) is 2. The molecule has 6 heteroatoms. The summed E-state index contributed by atoms with van der Waals surface area (Å²) in [5.74, 6) is 0.167. The molecule has 1 aromatic heterocycles. The number of rotatable bonds is 5. The molecule has 1 aromatic carbocycles. The number of halogens is 3. The van der Waals surface area contributed by atoms with Gasteiger partial charge in [0.05, 0.1) is 0 Å². The molecular formula is C15H16F3N3. The smallest absolute Gasteiger partial charge is 0.340 e. The lowest BCUT2D eigenvalue weighted by Gasteiger charge is -2.10. The maximum absolute atomic E-state index is 12.6. The molecule has 0 fully saturated rings. The molecule has 0 unspecified atom stereocenters. The highest BCUT2D eigenvalue weighted by atomic mass is 19.4. The Morgan fingerprint density at radius 1 is 1.10 bits per heavy atom. The third kappa shape index (κ3) is 4.46. The molecule has 0 spiro atoms. The summed E-state index contributed by atoms with van der Waals surface area (Å²) < 4.78 is 37.8. The van der Waals surface area contributed by atoms with Gasteiger partial charge in [-0.25, -0.2) is 4.98 Å². The topological polar surface area (TPSA) is 50.9 Å². The maximum atomic E-state index is 12.6. The number of aryl methyl sites for hydroxylation is 1. The quantitative estimate of drug-likeness (QED) is 0.883. The molecule has 3 nitrogen and oxygen atoms in total. The minimum atomic E-state index is -4.44. The molecule has 0 saturated heterocycles. The van der Waals surface area contributed by atoms with E-state index in [1.165, 1.54) is 12.1 Å². The molecule has 2 rings (SSSR count). The lowest BCUT2D eigenvalue weighted by molar-refractivity contribution is -0.141. The first kappa shape index (κ1) is 15.3. The van der Waals surface area contributed by atoms with E-state index in [9.17, 15) is 13.2 Å². The fourth-order valence-corrected chi connectivity index (χ4v) is 1.92. The van der Waals surface area contributed by atoms with E-state index in [0.29, 0.717) is 12.2 Å². The van der Waals surface area contributed by atoms with Crippen LogP contribution in [-0.2, 0) is 12.6 Å². The standard InChI is InChI=1S/C15H16F3N3/c16-15(17,18)13-7-2-8-14(21-13)20-12-6-1-4-11(10-12)5-3-9-19/h1-2,4,6-8,10H,3,5,9,19H2,(H,20,21). The molecule has 0 bridgehead atoms. The summed E-state index contributed by atoms with van der Waals surface area (Å²) in [6, 6.07) is 11.3. The number of anilines is 2. The summed E-state index contributed by atoms with van der Waals surface area (Å²) in [7, 11) is 0. The van der Waals surface area contributed by atoms with Crippen LogP contribution in [0.2, 0.25) is 0 Å². The van der Waals surface area contributed by atoms with Crippen LogP contribution in [-0.4, -0.2) is 11.5 Å². The zero-order valence-electron chi connectivity index (χ0n) is 11.3. The van der Waals surface area contributed by atoms with Gasteiger partial charge >= 0.3 is 6.18 Å². The summed E-state index contributed by atoms with van der Waals surface area (Å²) in [5, 5.41) is 2.89. The van der Waals surface area contributed by atoms with E-state index in [1.54, 1.807) is 6.07 Å². The van der Waals surface area contributed by atoms with E-state index in [0.717, 1.165) is 24.5 Å². The van der Waals surface area contributed by atoms with Crippen LogP contribution in [0.15, 0.2) is 42.5 Å². The second kappa shape index (κ2) is 6.58. The zero-order valence-corrected chi connectivity index (χ0v) is 11.3. The minimum Gasteiger partial charge on any atom is -0.340 e. The average Bonchev–Trinajstić information content (AvgIpc) is 2.45. The molecular weight excluding hydrogens is 279 g/mol. The van der Waals surface area contributed by atoms with Gasteiger partial charge < -0.3 is 11.1 Å². The van der Waals surface area contributed by atoms with Crippen LogP contribution in [0.5, 0.6) is 0 Å². The van der Waals surface area contributed by atoms with Crippen molar-refractivity contribution in [3.05, 3.63) is 53.7 Å². The summed E-state index contributed by atoms with van der Waals surface area (Å²) >= 11 is 0. The van der Waals surface area contributed by atoms with E-state index in [2.05, 4.69) is 10.3 Å². The van der Waals surface area contributed by atoms with Crippen molar-refractivity contribution in [2.24, 2.45) is 5.73 Å². The molecule has 21 heavy (non-hydrogen) atoms. The largest absolute Gasteiger partial charge is 0.433 e. The van der Waals surface area contributed by atoms with Crippen LogP contribution < -0.4 is 11.1 Å². The second-order valence-corrected chi connectivity index (χ2v) is 4.62. The van der Waals surface area contributed by atoms with Crippen LogP contribution in [0, 0.1) is 0 Å². The van der Waals surface area contributed by atoms with Crippen LogP contribution >= 0.6 is 0 Å². The van der Waals surface area contributed by atoms with Gasteiger partial charge in [0, 0.05) is 5.69 Å². The molecule has 3 N–H and O–H groups in total. The number of nitrogens with zero attached hydrogens (tertiary/aromatic N) is 1. The summed E-state index contributed by atoms with van der Waals surface area (Å²) in [6.07, 6.45) is -2.74. The number of benzene rings is 1. The lowest BCUT2D eigenvalue weighted by Crippen LogP contribution is -2.08. The van der Waals surface area contributed by atoms with Crippen molar-refractivity contribution in [1.29, 1.82) is 0 Å². The van der Waals surface area contributed by atoms with E-state index in [1.807, 2.05) is 18.2 Å². The van der Waals surface area contributed by atoms with E-state index < -0.39 is 11.9 Å². The first-order valence-electron chi connectivity index (χ1n) is 6.59. The Morgan fingerprint density at radius 2 is 1.86 bits per heavy atom. The predicted molar refractivity (Wildman–Crippen MR) is 76.3 cm³/mol. The van der Waals surface area contributed by atoms with Gasteiger partial charge in [0.1, 0.15) is 11.5 Å². The first-order valence-corrected chi connectivity index (χ1v) is 6.59. The monoisotopic (exact) mass is 295 g/mol. The normalized spacial score (nSPS) is 11.4. The Balaban J connectivity index is 2.14. The Kier molecular flexibility index (Phi) is 4.80. The molecule has 0 aliphatic heterocycles.